The zero-order valence-corrected chi connectivity index (χ0v) is 17.3. The number of carbonyl (C=O) groups is 2. The molecule has 2 aromatic rings. The van der Waals surface area contributed by atoms with Crippen molar-refractivity contribution in [1.82, 2.24) is 19.8 Å². The first-order chi connectivity index (χ1) is 14.5. The molecule has 158 valence electrons. The van der Waals surface area contributed by atoms with Crippen molar-refractivity contribution in [3.63, 3.8) is 0 Å². The summed E-state index contributed by atoms with van der Waals surface area (Å²) in [7, 11) is 0. The molecule has 2 saturated heterocycles. The maximum Gasteiger partial charge on any atom is 0.323 e. The molecule has 1 aromatic heterocycles. The van der Waals surface area contributed by atoms with Crippen molar-refractivity contribution in [3.05, 3.63) is 57.8 Å². The Hall–Kier alpha value is -2.83. The molecule has 5 rings (SSSR count). The number of nitrogens with zero attached hydrogens (tertiary/aromatic N) is 2. The topological polar surface area (TPSA) is 89.3 Å². The smallest absolute Gasteiger partial charge is 0.323 e. The number of H-pyrrole nitrogens is 2. The van der Waals surface area contributed by atoms with E-state index in [1.54, 1.807) is 0 Å². The molecular formula is C23H28N4O3. The number of carbonyl (C=O) groups excluding carboxylic acids is 2. The van der Waals surface area contributed by atoms with E-state index in [-0.39, 0.29) is 35.4 Å². The Morgan fingerprint density at radius 3 is 2.53 bits per heavy atom. The second-order valence-electron chi connectivity index (χ2n) is 9.06. The number of nitrogens with one attached hydrogen (secondary N) is 2. The Morgan fingerprint density at radius 1 is 1.07 bits per heavy atom. The van der Waals surface area contributed by atoms with Gasteiger partial charge in [-0.05, 0) is 30.9 Å². The third-order valence-electron chi connectivity index (χ3n) is 7.27. The van der Waals surface area contributed by atoms with Crippen LogP contribution >= 0.6 is 0 Å². The Bertz CT molecular complexity index is 1020. The van der Waals surface area contributed by atoms with Crippen molar-refractivity contribution < 1.29 is 9.59 Å². The number of amides is 2. The third kappa shape index (κ3) is 3.16. The zero-order chi connectivity index (χ0) is 20.8. The minimum Gasteiger partial charge on any atom is -0.337 e. The third-order valence-corrected chi connectivity index (χ3v) is 7.27. The molecule has 30 heavy (non-hydrogen) atoms. The average Bonchev–Trinajstić information content (AvgIpc) is 3.51. The van der Waals surface area contributed by atoms with Gasteiger partial charge in [0.2, 0.25) is 5.91 Å². The van der Waals surface area contributed by atoms with E-state index in [9.17, 15) is 14.4 Å². The first-order valence-electron chi connectivity index (χ1n) is 11.0. The summed E-state index contributed by atoms with van der Waals surface area (Å²) in [5.74, 6) is 0.765. The summed E-state index contributed by atoms with van der Waals surface area (Å²) in [6.07, 6.45) is 5.72. The summed E-state index contributed by atoms with van der Waals surface area (Å²) in [6, 6.07) is 8.30. The van der Waals surface area contributed by atoms with Gasteiger partial charge in [-0.2, -0.15) is 0 Å². The Labute approximate surface area is 175 Å². The summed E-state index contributed by atoms with van der Waals surface area (Å²) < 4.78 is 0. The summed E-state index contributed by atoms with van der Waals surface area (Å²) in [4.78, 5) is 46.7. The first-order valence-corrected chi connectivity index (χ1v) is 11.0. The molecule has 3 fully saturated rings. The normalized spacial score (nSPS) is 26.4. The van der Waals surface area contributed by atoms with Crippen LogP contribution in [0.25, 0.3) is 0 Å². The van der Waals surface area contributed by atoms with Gasteiger partial charge in [0.25, 0.3) is 5.91 Å². The molecule has 1 saturated carbocycles. The van der Waals surface area contributed by atoms with Gasteiger partial charge in [0.05, 0.1) is 6.04 Å². The fourth-order valence-electron chi connectivity index (χ4n) is 5.78. The quantitative estimate of drug-likeness (QED) is 0.818. The van der Waals surface area contributed by atoms with Crippen molar-refractivity contribution in [2.24, 2.45) is 17.8 Å². The molecule has 2 aliphatic heterocycles. The number of fused-ring (bicyclic) bond motifs is 1. The highest BCUT2D eigenvalue weighted by atomic mass is 16.2. The largest absolute Gasteiger partial charge is 0.337 e. The Morgan fingerprint density at radius 2 is 1.83 bits per heavy atom. The molecule has 0 radical (unpaired) electrons. The van der Waals surface area contributed by atoms with Gasteiger partial charge < -0.3 is 19.8 Å². The minimum absolute atomic E-state index is 0.00683. The van der Waals surface area contributed by atoms with E-state index in [2.05, 4.69) is 33.9 Å². The molecule has 0 unspecified atom stereocenters. The van der Waals surface area contributed by atoms with Crippen LogP contribution in [0.15, 0.2) is 35.3 Å². The molecule has 7 nitrogen and oxygen atoms in total. The number of aryl methyl sites for hydroxylation is 1. The molecule has 0 spiro atoms. The number of aromatic amines is 2. The number of rotatable bonds is 3. The van der Waals surface area contributed by atoms with E-state index in [0.717, 1.165) is 25.7 Å². The lowest BCUT2D eigenvalue weighted by atomic mass is 9.87. The van der Waals surface area contributed by atoms with Gasteiger partial charge in [-0.1, -0.05) is 37.1 Å². The highest BCUT2D eigenvalue weighted by molar-refractivity contribution is 5.92. The van der Waals surface area contributed by atoms with E-state index < -0.39 is 0 Å². The number of likely N-dealkylation sites (tertiary alicyclic amines) is 2. The number of hydrogen-bond donors (Lipinski definition) is 2. The van der Waals surface area contributed by atoms with Crippen molar-refractivity contribution >= 4 is 11.8 Å². The van der Waals surface area contributed by atoms with Crippen LogP contribution in [0.3, 0.4) is 0 Å². The molecule has 3 atom stereocenters. The number of hydrogen-bond acceptors (Lipinski definition) is 3. The summed E-state index contributed by atoms with van der Waals surface area (Å²) in [5.41, 5.74) is 2.31. The van der Waals surface area contributed by atoms with Crippen molar-refractivity contribution in [1.29, 1.82) is 0 Å². The number of imidazole rings is 1. The van der Waals surface area contributed by atoms with E-state index in [0.29, 0.717) is 31.2 Å². The van der Waals surface area contributed by atoms with Crippen molar-refractivity contribution in [2.75, 3.05) is 19.6 Å². The second kappa shape index (κ2) is 7.45. The minimum atomic E-state index is -0.371. The van der Waals surface area contributed by atoms with Gasteiger partial charge in [0, 0.05) is 43.6 Å². The average molecular weight is 409 g/mol. The lowest BCUT2D eigenvalue weighted by molar-refractivity contribution is -0.136. The predicted octanol–water partition coefficient (Wildman–Crippen LogP) is 2.47. The van der Waals surface area contributed by atoms with Gasteiger partial charge in [0.15, 0.2) is 0 Å². The molecule has 7 heteroatoms. The fourth-order valence-corrected chi connectivity index (χ4v) is 5.78. The maximum absolute atomic E-state index is 13.4. The Kier molecular flexibility index (Phi) is 4.76. The summed E-state index contributed by atoms with van der Waals surface area (Å²) in [6.45, 7) is 4.02. The van der Waals surface area contributed by atoms with Crippen LogP contribution in [0, 0.1) is 24.7 Å². The van der Waals surface area contributed by atoms with E-state index in [1.807, 2.05) is 17.0 Å². The van der Waals surface area contributed by atoms with E-state index in [4.69, 9.17) is 0 Å². The van der Waals surface area contributed by atoms with Crippen LogP contribution in [0.2, 0.25) is 0 Å². The van der Waals surface area contributed by atoms with Gasteiger partial charge in [0.1, 0.15) is 5.69 Å². The van der Waals surface area contributed by atoms with E-state index in [1.165, 1.54) is 17.3 Å². The molecule has 0 bridgehead atoms. The highest BCUT2D eigenvalue weighted by Crippen LogP contribution is 2.47. The van der Waals surface area contributed by atoms with Crippen LogP contribution in [-0.4, -0.2) is 51.2 Å². The predicted molar refractivity (Wildman–Crippen MR) is 112 cm³/mol. The van der Waals surface area contributed by atoms with Gasteiger partial charge >= 0.3 is 5.69 Å². The maximum atomic E-state index is 13.4. The number of benzene rings is 1. The molecule has 2 amide bonds. The van der Waals surface area contributed by atoms with Crippen LogP contribution in [0.1, 0.15) is 53.3 Å². The van der Waals surface area contributed by atoms with E-state index >= 15 is 0 Å². The van der Waals surface area contributed by atoms with Crippen LogP contribution in [0.4, 0.5) is 0 Å². The second-order valence-corrected chi connectivity index (χ2v) is 9.06. The lowest BCUT2D eigenvalue weighted by Gasteiger charge is -2.32. The summed E-state index contributed by atoms with van der Waals surface area (Å²) in [5, 5.41) is 0. The summed E-state index contributed by atoms with van der Waals surface area (Å²) >= 11 is 0. The molecule has 1 aromatic carbocycles. The standard InChI is InChI=1S/C23H28N4O3/c1-14-6-2-5-9-17(14)20-18-13-26(22(29)19-10-24-23(30)25-19)11-16(18)12-27(20)21(28)15-7-3-4-8-15/h2,5-6,9-10,15-16,18,20H,3-4,7-8,11-13H2,1H3,(H2,24,25,30)/t16-,18-,20+/m0/s1. The molecule has 2 N–H and O–H groups in total. The lowest BCUT2D eigenvalue weighted by Crippen LogP contribution is -2.40. The zero-order valence-electron chi connectivity index (χ0n) is 17.3. The van der Waals surface area contributed by atoms with Crippen molar-refractivity contribution in [3.8, 4) is 0 Å². The fraction of sp³-hybridized carbons (Fsp3) is 0.522. The monoisotopic (exact) mass is 408 g/mol. The first kappa shape index (κ1) is 19.2. The van der Waals surface area contributed by atoms with Crippen LogP contribution in [-0.2, 0) is 4.79 Å². The SMILES string of the molecule is Cc1ccccc1[C@@H]1[C@H]2CN(C(=O)c3c[nH]c(=O)[nH]3)C[C@H]2CN1C(=O)C1CCCC1. The molecular weight excluding hydrogens is 380 g/mol. The Balaban J connectivity index is 1.43. The van der Waals surface area contributed by atoms with Crippen LogP contribution < -0.4 is 5.69 Å². The molecule has 3 heterocycles. The van der Waals surface area contributed by atoms with Gasteiger partial charge in [-0.25, -0.2) is 4.79 Å². The van der Waals surface area contributed by atoms with Crippen molar-refractivity contribution in [2.45, 2.75) is 38.6 Å². The molecule has 1 aliphatic carbocycles. The van der Waals surface area contributed by atoms with Gasteiger partial charge in [-0.15, -0.1) is 0 Å². The van der Waals surface area contributed by atoms with Crippen LogP contribution in [0.5, 0.6) is 0 Å². The molecule has 3 aliphatic rings. The van der Waals surface area contributed by atoms with Gasteiger partial charge in [-0.3, -0.25) is 9.59 Å². The highest BCUT2D eigenvalue weighted by Gasteiger charge is 2.51. The number of aromatic nitrogens is 2.